The molecule has 1 N–H and O–H groups in total. The van der Waals surface area contributed by atoms with Crippen molar-refractivity contribution < 1.29 is 13.9 Å². The van der Waals surface area contributed by atoms with E-state index >= 15 is 0 Å². The Morgan fingerprint density at radius 3 is 2.89 bits per heavy atom. The summed E-state index contributed by atoms with van der Waals surface area (Å²) in [6.45, 7) is 4.56. The average Bonchev–Trinajstić information content (AvgIpc) is 3.03. The Morgan fingerprint density at radius 2 is 2.26 bits per heavy atom. The normalized spacial score (nSPS) is 12.4. The van der Waals surface area contributed by atoms with Crippen LogP contribution < -0.4 is 5.32 Å². The summed E-state index contributed by atoms with van der Waals surface area (Å²) in [6.07, 6.45) is 0. The molecule has 0 aromatic carbocycles. The van der Waals surface area contributed by atoms with E-state index in [1.807, 2.05) is 37.4 Å². The van der Waals surface area contributed by atoms with E-state index in [0.29, 0.717) is 11.4 Å². The summed E-state index contributed by atoms with van der Waals surface area (Å²) in [5.74, 6) is 1.51. The molecule has 5 heteroatoms. The Labute approximate surface area is 116 Å². The minimum atomic E-state index is -0.284. The zero-order chi connectivity index (χ0) is 13.8. The zero-order valence-electron chi connectivity index (χ0n) is 11.2. The Hall–Kier alpha value is -1.59. The van der Waals surface area contributed by atoms with Crippen molar-refractivity contribution in [1.82, 2.24) is 5.32 Å². The molecule has 2 rings (SSSR count). The lowest BCUT2D eigenvalue weighted by molar-refractivity contribution is 0.0605. The fourth-order valence-electron chi connectivity index (χ4n) is 1.80. The standard InChI is InChI=1S/C14H17NO3S/c1-9-4-5-12(18-9)10(2)15-8-11-6-7-19-13(11)14(16)17-3/h4-7,10,15H,8H2,1-3H3. The molecule has 0 saturated carbocycles. The van der Waals surface area contributed by atoms with Gasteiger partial charge in [0.25, 0.3) is 0 Å². The molecule has 0 saturated heterocycles. The van der Waals surface area contributed by atoms with Crippen molar-refractivity contribution in [2.24, 2.45) is 0 Å². The predicted molar refractivity (Wildman–Crippen MR) is 74.4 cm³/mol. The van der Waals surface area contributed by atoms with Crippen LogP contribution in [0.5, 0.6) is 0 Å². The highest BCUT2D eigenvalue weighted by molar-refractivity contribution is 7.12. The van der Waals surface area contributed by atoms with Gasteiger partial charge < -0.3 is 14.5 Å². The summed E-state index contributed by atoms with van der Waals surface area (Å²) in [5, 5.41) is 5.23. The fraction of sp³-hybridized carbons (Fsp3) is 0.357. The van der Waals surface area contributed by atoms with Crippen LogP contribution in [0.3, 0.4) is 0 Å². The third-order valence-corrected chi connectivity index (χ3v) is 3.84. The largest absolute Gasteiger partial charge is 0.465 e. The summed E-state index contributed by atoms with van der Waals surface area (Å²) in [4.78, 5) is 12.2. The summed E-state index contributed by atoms with van der Waals surface area (Å²) in [5.41, 5.74) is 0.951. The van der Waals surface area contributed by atoms with Gasteiger partial charge in [-0.2, -0.15) is 0 Å². The lowest BCUT2D eigenvalue weighted by Crippen LogP contribution is -2.18. The minimum absolute atomic E-state index is 0.0964. The predicted octanol–water partition coefficient (Wildman–Crippen LogP) is 3.29. The van der Waals surface area contributed by atoms with E-state index in [1.54, 1.807) is 0 Å². The van der Waals surface area contributed by atoms with Gasteiger partial charge in [0.05, 0.1) is 13.2 Å². The highest BCUT2D eigenvalue weighted by Gasteiger charge is 2.15. The maximum atomic E-state index is 11.6. The number of thiophene rings is 1. The molecule has 0 radical (unpaired) electrons. The molecule has 0 fully saturated rings. The molecule has 0 aliphatic heterocycles. The second-order valence-corrected chi connectivity index (χ2v) is 5.23. The lowest BCUT2D eigenvalue weighted by atomic mass is 10.2. The molecule has 0 amide bonds. The third-order valence-electron chi connectivity index (χ3n) is 2.90. The van der Waals surface area contributed by atoms with Crippen LogP contribution in [0, 0.1) is 6.92 Å². The first-order valence-corrected chi connectivity index (χ1v) is 6.94. The first-order valence-electron chi connectivity index (χ1n) is 6.06. The van der Waals surface area contributed by atoms with Gasteiger partial charge in [-0.05, 0) is 43.0 Å². The van der Waals surface area contributed by atoms with Gasteiger partial charge in [0.1, 0.15) is 16.4 Å². The van der Waals surface area contributed by atoms with Crippen molar-refractivity contribution in [2.45, 2.75) is 26.4 Å². The highest BCUT2D eigenvalue weighted by atomic mass is 32.1. The Balaban J connectivity index is 1.99. The van der Waals surface area contributed by atoms with Crippen LogP contribution in [0.25, 0.3) is 0 Å². The summed E-state index contributed by atoms with van der Waals surface area (Å²) in [6, 6.07) is 5.93. The average molecular weight is 279 g/mol. The van der Waals surface area contributed by atoms with E-state index in [9.17, 15) is 4.79 Å². The van der Waals surface area contributed by atoms with E-state index < -0.39 is 0 Å². The van der Waals surface area contributed by atoms with E-state index in [2.05, 4.69) is 5.32 Å². The molecule has 1 unspecified atom stereocenters. The van der Waals surface area contributed by atoms with Gasteiger partial charge in [-0.1, -0.05) is 0 Å². The van der Waals surface area contributed by atoms with E-state index in [0.717, 1.165) is 17.1 Å². The fourth-order valence-corrected chi connectivity index (χ4v) is 2.64. The van der Waals surface area contributed by atoms with Gasteiger partial charge in [-0.25, -0.2) is 4.79 Å². The van der Waals surface area contributed by atoms with Crippen molar-refractivity contribution in [3.63, 3.8) is 0 Å². The topological polar surface area (TPSA) is 51.5 Å². The number of nitrogens with one attached hydrogen (secondary N) is 1. The summed E-state index contributed by atoms with van der Waals surface area (Å²) < 4.78 is 10.3. The van der Waals surface area contributed by atoms with Crippen molar-refractivity contribution in [1.29, 1.82) is 0 Å². The van der Waals surface area contributed by atoms with Gasteiger partial charge in [0.15, 0.2) is 0 Å². The van der Waals surface area contributed by atoms with E-state index in [-0.39, 0.29) is 12.0 Å². The van der Waals surface area contributed by atoms with E-state index in [1.165, 1.54) is 18.4 Å². The van der Waals surface area contributed by atoms with Gasteiger partial charge in [0.2, 0.25) is 0 Å². The number of furan rings is 1. The molecule has 102 valence electrons. The number of methoxy groups -OCH3 is 1. The molecule has 19 heavy (non-hydrogen) atoms. The molecule has 0 aliphatic carbocycles. The van der Waals surface area contributed by atoms with Crippen LogP contribution in [0.15, 0.2) is 28.0 Å². The SMILES string of the molecule is COC(=O)c1sccc1CNC(C)c1ccc(C)o1. The van der Waals surface area contributed by atoms with Crippen LogP contribution in [-0.2, 0) is 11.3 Å². The molecule has 1 atom stereocenters. The monoisotopic (exact) mass is 279 g/mol. The second-order valence-electron chi connectivity index (χ2n) is 4.32. The number of carbonyl (C=O) groups excluding carboxylic acids is 1. The molecule has 2 aromatic rings. The molecular formula is C14H17NO3S. The Morgan fingerprint density at radius 1 is 1.47 bits per heavy atom. The highest BCUT2D eigenvalue weighted by Crippen LogP contribution is 2.20. The van der Waals surface area contributed by atoms with Crippen LogP contribution in [0.2, 0.25) is 0 Å². The quantitative estimate of drug-likeness (QED) is 0.853. The molecule has 4 nitrogen and oxygen atoms in total. The number of hydrogen-bond acceptors (Lipinski definition) is 5. The number of aryl methyl sites for hydroxylation is 1. The van der Waals surface area contributed by atoms with Gasteiger partial charge >= 0.3 is 5.97 Å². The second kappa shape index (κ2) is 6.04. The third kappa shape index (κ3) is 3.24. The van der Waals surface area contributed by atoms with Crippen molar-refractivity contribution in [3.05, 3.63) is 45.5 Å². The van der Waals surface area contributed by atoms with Crippen LogP contribution in [0.1, 0.15) is 39.7 Å². The van der Waals surface area contributed by atoms with Crippen LogP contribution in [0.4, 0.5) is 0 Å². The molecule has 0 bridgehead atoms. The van der Waals surface area contributed by atoms with Gasteiger partial charge in [-0.15, -0.1) is 11.3 Å². The molecule has 0 spiro atoms. The number of hydrogen-bond donors (Lipinski definition) is 1. The summed E-state index contributed by atoms with van der Waals surface area (Å²) >= 11 is 1.40. The molecule has 2 heterocycles. The van der Waals surface area contributed by atoms with Crippen LogP contribution in [-0.4, -0.2) is 13.1 Å². The van der Waals surface area contributed by atoms with Gasteiger partial charge in [-0.3, -0.25) is 0 Å². The Kier molecular flexibility index (Phi) is 4.39. The van der Waals surface area contributed by atoms with Crippen molar-refractivity contribution in [3.8, 4) is 0 Å². The number of carbonyl (C=O) groups is 1. The lowest BCUT2D eigenvalue weighted by Gasteiger charge is -2.11. The first-order chi connectivity index (χ1) is 9.11. The Bertz CT molecular complexity index is 559. The zero-order valence-corrected chi connectivity index (χ0v) is 12.0. The molecule has 2 aromatic heterocycles. The smallest absolute Gasteiger partial charge is 0.348 e. The van der Waals surface area contributed by atoms with Gasteiger partial charge in [0, 0.05) is 6.54 Å². The van der Waals surface area contributed by atoms with Crippen molar-refractivity contribution in [2.75, 3.05) is 7.11 Å². The minimum Gasteiger partial charge on any atom is -0.465 e. The number of ether oxygens (including phenoxy) is 1. The molecule has 0 aliphatic rings. The summed E-state index contributed by atoms with van der Waals surface area (Å²) in [7, 11) is 1.40. The van der Waals surface area contributed by atoms with Crippen molar-refractivity contribution >= 4 is 17.3 Å². The maximum Gasteiger partial charge on any atom is 0.348 e. The number of rotatable bonds is 5. The number of esters is 1. The molecular weight excluding hydrogens is 262 g/mol. The van der Waals surface area contributed by atoms with Crippen LogP contribution >= 0.6 is 11.3 Å². The van der Waals surface area contributed by atoms with E-state index in [4.69, 9.17) is 9.15 Å². The first kappa shape index (κ1) is 13.8. The maximum absolute atomic E-state index is 11.6.